The molecule has 35 heavy (non-hydrogen) atoms. The van der Waals surface area contributed by atoms with Gasteiger partial charge in [-0.15, -0.1) is 22.0 Å². The van der Waals surface area contributed by atoms with Gasteiger partial charge in [-0.05, 0) is 53.6 Å². The highest BCUT2D eigenvalue weighted by Gasteiger charge is 2.18. The summed E-state index contributed by atoms with van der Waals surface area (Å²) >= 11 is 1.62. The van der Waals surface area contributed by atoms with Crippen LogP contribution in [-0.4, -0.2) is 41.4 Å². The molecule has 0 unspecified atom stereocenters. The number of hydrogen-bond acceptors (Lipinski definition) is 6. The maximum Gasteiger partial charge on any atom is 0.211 e. The van der Waals surface area contributed by atoms with Gasteiger partial charge in [-0.3, -0.25) is 0 Å². The van der Waals surface area contributed by atoms with Crippen molar-refractivity contribution in [2.45, 2.75) is 33.7 Å². The third kappa shape index (κ3) is 4.49. The number of fused-ring (bicyclic) bond motifs is 1. The third-order valence-electron chi connectivity index (χ3n) is 6.04. The Morgan fingerprint density at radius 3 is 2.37 bits per heavy atom. The monoisotopic (exact) mass is 481 g/mol. The molecule has 0 radical (unpaired) electrons. The van der Waals surface area contributed by atoms with E-state index in [-0.39, 0.29) is 0 Å². The van der Waals surface area contributed by atoms with Gasteiger partial charge in [0.15, 0.2) is 5.65 Å². The number of nitrogens with zero attached hydrogens (tertiary/aromatic N) is 6. The molecule has 0 bridgehead atoms. The van der Waals surface area contributed by atoms with Gasteiger partial charge < -0.3 is 4.57 Å². The number of hydrogen-bond donors (Lipinski definition) is 1. The first-order valence-electron chi connectivity index (χ1n) is 11.6. The summed E-state index contributed by atoms with van der Waals surface area (Å²) in [5, 5.41) is 14.8. The standard InChI is InChI=1S/C27H27N7S/c1-5-22-29-24-17(2)15-18(3)28-27(24)34(22)16-19-11-13-21(14-12-19)23(20-9-7-6-8-10-20)25(35-4)26-30-32-33-31-26/h6-15H,5,16H2,1-4H3,(H,30,31,32,33). The van der Waals surface area contributed by atoms with E-state index in [0.29, 0.717) is 5.82 Å². The van der Waals surface area contributed by atoms with E-state index in [4.69, 9.17) is 9.97 Å². The van der Waals surface area contributed by atoms with Crippen LogP contribution in [0.15, 0.2) is 60.7 Å². The number of benzene rings is 2. The van der Waals surface area contributed by atoms with Gasteiger partial charge in [-0.1, -0.05) is 61.5 Å². The first kappa shape index (κ1) is 23.0. The van der Waals surface area contributed by atoms with Crippen LogP contribution in [0.1, 0.15) is 46.5 Å². The van der Waals surface area contributed by atoms with E-state index in [0.717, 1.165) is 57.3 Å². The van der Waals surface area contributed by atoms with Gasteiger partial charge >= 0.3 is 0 Å². The van der Waals surface area contributed by atoms with Gasteiger partial charge in [-0.25, -0.2) is 9.97 Å². The fourth-order valence-electron chi connectivity index (χ4n) is 4.44. The molecule has 3 aromatic heterocycles. The lowest BCUT2D eigenvalue weighted by Gasteiger charge is -2.14. The number of H-pyrrole nitrogens is 1. The van der Waals surface area contributed by atoms with Crippen molar-refractivity contribution < 1.29 is 0 Å². The van der Waals surface area contributed by atoms with Gasteiger partial charge in [0.2, 0.25) is 5.82 Å². The van der Waals surface area contributed by atoms with Crippen LogP contribution < -0.4 is 0 Å². The smallest absolute Gasteiger partial charge is 0.211 e. The van der Waals surface area contributed by atoms with Crippen LogP contribution in [0.25, 0.3) is 21.6 Å². The molecule has 2 aromatic carbocycles. The minimum absolute atomic E-state index is 0.592. The van der Waals surface area contributed by atoms with Crippen molar-refractivity contribution in [3.63, 3.8) is 0 Å². The normalized spacial score (nSPS) is 12.2. The van der Waals surface area contributed by atoms with Crippen LogP contribution in [0.4, 0.5) is 0 Å². The maximum absolute atomic E-state index is 4.88. The van der Waals surface area contributed by atoms with Crippen LogP contribution in [0.3, 0.4) is 0 Å². The Hall–Kier alpha value is -3.78. The van der Waals surface area contributed by atoms with Gasteiger partial charge in [0, 0.05) is 17.7 Å². The molecule has 176 valence electrons. The lowest BCUT2D eigenvalue weighted by molar-refractivity contribution is 0.745. The number of tetrazole rings is 1. The van der Waals surface area contributed by atoms with Crippen molar-refractivity contribution in [1.82, 2.24) is 35.2 Å². The predicted octanol–water partition coefficient (Wildman–Crippen LogP) is 5.45. The molecule has 1 N–H and O–H groups in total. The van der Waals surface area contributed by atoms with Crippen molar-refractivity contribution in [3.8, 4) is 0 Å². The average molecular weight is 482 g/mol. The molecule has 7 nitrogen and oxygen atoms in total. The number of aryl methyl sites for hydroxylation is 3. The third-order valence-corrected chi connectivity index (χ3v) is 6.84. The van der Waals surface area contributed by atoms with Crippen LogP contribution in [0.2, 0.25) is 0 Å². The van der Waals surface area contributed by atoms with Crippen molar-refractivity contribution >= 4 is 33.4 Å². The lowest BCUT2D eigenvalue weighted by Crippen LogP contribution is -2.06. The molecule has 0 amide bonds. The molecular formula is C27H27N7S. The molecule has 3 heterocycles. The molecule has 0 saturated carbocycles. The highest BCUT2D eigenvalue weighted by molar-refractivity contribution is 8.07. The zero-order chi connectivity index (χ0) is 24.4. The Morgan fingerprint density at radius 2 is 1.71 bits per heavy atom. The molecular weight excluding hydrogens is 454 g/mol. The van der Waals surface area contributed by atoms with Crippen LogP contribution in [0.5, 0.6) is 0 Å². The largest absolute Gasteiger partial charge is 0.308 e. The van der Waals surface area contributed by atoms with Crippen molar-refractivity contribution in [3.05, 3.63) is 100 Å². The first-order valence-corrected chi connectivity index (χ1v) is 12.8. The zero-order valence-electron chi connectivity index (χ0n) is 20.3. The van der Waals surface area contributed by atoms with Crippen molar-refractivity contribution in [2.24, 2.45) is 0 Å². The average Bonchev–Trinajstić information content (AvgIpc) is 3.52. The number of rotatable bonds is 7. The second-order valence-electron chi connectivity index (χ2n) is 8.43. The summed E-state index contributed by atoms with van der Waals surface area (Å²) in [4.78, 5) is 10.7. The molecule has 0 saturated heterocycles. The number of aromatic nitrogens is 7. The summed E-state index contributed by atoms with van der Waals surface area (Å²) in [6.07, 6.45) is 2.89. The quantitative estimate of drug-likeness (QED) is 0.333. The Kier molecular flexibility index (Phi) is 6.46. The van der Waals surface area contributed by atoms with E-state index in [9.17, 15) is 0 Å². The van der Waals surface area contributed by atoms with E-state index in [1.807, 2.05) is 31.4 Å². The molecule has 0 aliphatic carbocycles. The SMILES string of the molecule is CCc1nc2c(C)cc(C)nc2n1Cc1ccc(C(=C(SC)c2nn[nH]n2)c2ccccc2)cc1. The highest BCUT2D eigenvalue weighted by Crippen LogP contribution is 2.36. The number of aromatic amines is 1. The Labute approximate surface area is 208 Å². The summed E-state index contributed by atoms with van der Waals surface area (Å²) in [6.45, 7) is 7.00. The molecule has 0 aliphatic heterocycles. The number of pyridine rings is 1. The Bertz CT molecular complexity index is 1480. The van der Waals surface area contributed by atoms with E-state index in [1.165, 1.54) is 11.1 Å². The second kappa shape index (κ2) is 9.84. The molecule has 0 spiro atoms. The van der Waals surface area contributed by atoms with E-state index in [2.05, 4.69) is 81.5 Å². The van der Waals surface area contributed by atoms with Crippen molar-refractivity contribution in [2.75, 3.05) is 6.26 Å². The molecule has 8 heteroatoms. The van der Waals surface area contributed by atoms with Crippen molar-refractivity contribution in [1.29, 1.82) is 0 Å². The molecule has 0 aliphatic rings. The summed E-state index contributed by atoms with van der Waals surface area (Å²) in [5.74, 6) is 1.65. The number of nitrogens with one attached hydrogen (secondary N) is 1. The zero-order valence-corrected chi connectivity index (χ0v) is 21.1. The maximum atomic E-state index is 4.88. The van der Waals surface area contributed by atoms with Crippen LogP contribution in [-0.2, 0) is 13.0 Å². The number of imidazole rings is 1. The molecule has 0 fully saturated rings. The topological polar surface area (TPSA) is 85.2 Å². The Balaban J connectivity index is 1.56. The minimum atomic E-state index is 0.592. The first-order chi connectivity index (χ1) is 17.1. The van der Waals surface area contributed by atoms with Gasteiger partial charge in [0.25, 0.3) is 0 Å². The molecule has 5 rings (SSSR count). The predicted molar refractivity (Wildman–Crippen MR) is 142 cm³/mol. The van der Waals surface area contributed by atoms with Gasteiger partial charge in [0.05, 0.1) is 11.4 Å². The van der Waals surface area contributed by atoms with E-state index in [1.54, 1.807) is 11.8 Å². The van der Waals surface area contributed by atoms with E-state index >= 15 is 0 Å². The summed E-state index contributed by atoms with van der Waals surface area (Å²) < 4.78 is 2.24. The van der Waals surface area contributed by atoms with Gasteiger partial charge in [-0.2, -0.15) is 5.21 Å². The molecule has 0 atom stereocenters. The lowest BCUT2D eigenvalue weighted by atomic mass is 9.96. The van der Waals surface area contributed by atoms with Gasteiger partial charge in [0.1, 0.15) is 11.3 Å². The van der Waals surface area contributed by atoms with Crippen LogP contribution in [0, 0.1) is 13.8 Å². The fourth-order valence-corrected chi connectivity index (χ4v) is 5.15. The Morgan fingerprint density at radius 1 is 0.971 bits per heavy atom. The summed E-state index contributed by atoms with van der Waals surface area (Å²) in [6, 6.07) is 21.1. The van der Waals surface area contributed by atoms with E-state index < -0.39 is 0 Å². The second-order valence-corrected chi connectivity index (χ2v) is 9.24. The highest BCUT2D eigenvalue weighted by atomic mass is 32.2. The fraction of sp³-hybridized carbons (Fsp3) is 0.222. The van der Waals surface area contributed by atoms with Crippen LogP contribution >= 0.6 is 11.8 Å². The molecule has 5 aromatic rings. The minimum Gasteiger partial charge on any atom is -0.308 e. The summed E-state index contributed by atoms with van der Waals surface area (Å²) in [5.41, 5.74) is 8.61. The summed E-state index contributed by atoms with van der Waals surface area (Å²) in [7, 11) is 0. The number of thioether (sulfide) groups is 1.